The van der Waals surface area contributed by atoms with Crippen LogP contribution in [0.4, 0.5) is 5.69 Å². The Morgan fingerprint density at radius 1 is 1.03 bits per heavy atom. The fraction of sp³-hybridized carbons (Fsp3) is 0.462. The number of carbonyl (C=O) groups is 2. The molecule has 2 heterocycles. The number of carbonyl (C=O) groups excluding carboxylic acids is 2. The number of nitrogens with zero attached hydrogens (tertiary/aromatic N) is 3. The van der Waals surface area contributed by atoms with E-state index in [1.807, 2.05) is 50.2 Å². The molecule has 0 N–H and O–H groups in total. The first-order valence-corrected chi connectivity index (χ1v) is 12.4. The van der Waals surface area contributed by atoms with E-state index in [9.17, 15) is 9.59 Å². The highest BCUT2D eigenvalue weighted by Crippen LogP contribution is 2.48. The average Bonchev–Trinajstić information content (AvgIpc) is 2.97. The van der Waals surface area contributed by atoms with Crippen LogP contribution in [0.15, 0.2) is 41.3 Å². The summed E-state index contributed by atoms with van der Waals surface area (Å²) in [6.07, 6.45) is -0.804. The minimum absolute atomic E-state index is 0.206. The van der Waals surface area contributed by atoms with Crippen LogP contribution in [0, 0.1) is 13.8 Å². The highest BCUT2D eigenvalue weighted by atomic mass is 32.2. The summed E-state index contributed by atoms with van der Waals surface area (Å²) in [6, 6.07) is 11.7. The number of aryl methyl sites for hydroxylation is 1. The maximum absolute atomic E-state index is 14.0. The van der Waals surface area contributed by atoms with Crippen molar-refractivity contribution in [2.45, 2.75) is 30.1 Å². The van der Waals surface area contributed by atoms with E-state index < -0.39 is 6.10 Å². The summed E-state index contributed by atoms with van der Waals surface area (Å²) in [6.45, 7) is 7.63. The number of imide groups is 1. The molecule has 1 fully saturated rings. The molecule has 2 atom stereocenters. The molecule has 0 radical (unpaired) electrons. The van der Waals surface area contributed by atoms with Crippen LogP contribution in [0.25, 0.3) is 0 Å². The predicted octanol–water partition coefficient (Wildman–Crippen LogP) is 3.28. The van der Waals surface area contributed by atoms with Crippen LogP contribution in [0.1, 0.15) is 21.9 Å². The number of anilines is 1. The van der Waals surface area contributed by atoms with Crippen molar-refractivity contribution < 1.29 is 19.1 Å². The Bertz CT molecular complexity index is 1050. The summed E-state index contributed by atoms with van der Waals surface area (Å²) in [7, 11) is 5.25. The molecule has 7 nitrogen and oxygen atoms in total. The highest BCUT2D eigenvalue weighted by Gasteiger charge is 2.42. The fourth-order valence-electron chi connectivity index (χ4n) is 4.49. The van der Waals surface area contributed by atoms with E-state index in [1.54, 1.807) is 18.9 Å². The monoisotopic (exact) mass is 483 g/mol. The number of hydrogen-bond acceptors (Lipinski definition) is 7. The summed E-state index contributed by atoms with van der Waals surface area (Å²) in [5.74, 6) is 0.225. The van der Waals surface area contributed by atoms with Gasteiger partial charge in [0.2, 0.25) is 5.91 Å². The molecule has 1 saturated heterocycles. The lowest BCUT2D eigenvalue weighted by Gasteiger charge is -2.34. The zero-order chi connectivity index (χ0) is 24.4. The summed E-state index contributed by atoms with van der Waals surface area (Å²) in [4.78, 5) is 34.3. The van der Waals surface area contributed by atoms with Crippen molar-refractivity contribution in [3.63, 3.8) is 0 Å². The third-order valence-corrected chi connectivity index (χ3v) is 8.14. The lowest BCUT2D eigenvalue weighted by Crippen LogP contribution is -2.52. The van der Waals surface area contributed by atoms with Gasteiger partial charge in [-0.25, -0.2) is 4.90 Å². The van der Waals surface area contributed by atoms with Crippen molar-refractivity contribution in [2.24, 2.45) is 0 Å². The Morgan fingerprint density at radius 2 is 1.71 bits per heavy atom. The Labute approximate surface area is 206 Å². The van der Waals surface area contributed by atoms with E-state index in [1.165, 1.54) is 12.0 Å². The normalized spacial score (nSPS) is 21.8. The van der Waals surface area contributed by atoms with Crippen LogP contribution < -0.4 is 9.64 Å². The van der Waals surface area contributed by atoms with E-state index in [2.05, 4.69) is 16.8 Å². The Hall–Kier alpha value is -2.39. The summed E-state index contributed by atoms with van der Waals surface area (Å²) in [5.41, 5.74) is 3.62. The number of benzene rings is 2. The number of rotatable bonds is 5. The van der Waals surface area contributed by atoms with Gasteiger partial charge in [-0.05, 0) is 55.8 Å². The van der Waals surface area contributed by atoms with E-state index in [4.69, 9.17) is 9.47 Å². The molecule has 2 aliphatic rings. The van der Waals surface area contributed by atoms with Crippen molar-refractivity contribution in [3.05, 3.63) is 53.1 Å². The van der Waals surface area contributed by atoms with Gasteiger partial charge < -0.3 is 14.4 Å². The molecule has 2 aromatic rings. The molecule has 4 rings (SSSR count). The van der Waals surface area contributed by atoms with Gasteiger partial charge >= 0.3 is 0 Å². The third kappa shape index (κ3) is 4.86. The van der Waals surface area contributed by atoms with Crippen LogP contribution in [-0.4, -0.2) is 81.7 Å². The molecular formula is C26H33N3O4S. The molecule has 8 heteroatoms. The predicted molar refractivity (Wildman–Crippen MR) is 135 cm³/mol. The maximum Gasteiger partial charge on any atom is 0.264 e. The zero-order valence-corrected chi connectivity index (χ0v) is 21.4. The van der Waals surface area contributed by atoms with Gasteiger partial charge in [-0.3, -0.25) is 14.5 Å². The SMILES string of the molecule is COc1ccc(C2Sc3ccc(C)c(C)c3N(C(=O)CN3CCN(C)CC3)C(=O)C2OC)cc1. The van der Waals surface area contributed by atoms with E-state index in [0.717, 1.165) is 53.5 Å². The second kappa shape index (κ2) is 10.5. The van der Waals surface area contributed by atoms with Gasteiger partial charge in [-0.1, -0.05) is 18.2 Å². The second-order valence-electron chi connectivity index (χ2n) is 8.97. The standard InChI is InChI=1S/C26H33N3O4S/c1-17-6-11-21-23(18(17)2)29(22(30)16-28-14-12-27(3)13-15-28)26(31)24(33-5)25(34-21)19-7-9-20(32-4)10-8-19/h6-11,24-25H,12-16H2,1-5H3. The number of amides is 2. The molecule has 0 saturated carbocycles. The van der Waals surface area contributed by atoms with Gasteiger partial charge in [-0.15, -0.1) is 11.8 Å². The van der Waals surface area contributed by atoms with Gasteiger partial charge in [0.15, 0.2) is 6.10 Å². The molecule has 0 aliphatic carbocycles. The van der Waals surface area contributed by atoms with Gasteiger partial charge in [-0.2, -0.15) is 0 Å². The summed E-state index contributed by atoms with van der Waals surface area (Å²) in [5, 5.41) is -0.300. The Kier molecular flexibility index (Phi) is 7.62. The molecule has 2 amide bonds. The first kappa shape index (κ1) is 24.7. The maximum atomic E-state index is 14.0. The van der Waals surface area contributed by atoms with Crippen LogP contribution in [-0.2, 0) is 14.3 Å². The largest absolute Gasteiger partial charge is 0.497 e. The molecule has 2 aromatic carbocycles. The van der Waals surface area contributed by atoms with Gasteiger partial charge in [0.1, 0.15) is 5.75 Å². The minimum Gasteiger partial charge on any atom is -0.497 e. The van der Waals surface area contributed by atoms with Crippen molar-refractivity contribution in [1.29, 1.82) is 0 Å². The average molecular weight is 484 g/mol. The first-order chi connectivity index (χ1) is 16.3. The topological polar surface area (TPSA) is 62.3 Å². The molecule has 0 spiro atoms. The molecule has 0 aromatic heterocycles. The second-order valence-corrected chi connectivity index (χ2v) is 10.2. The smallest absolute Gasteiger partial charge is 0.264 e. The molecule has 0 bridgehead atoms. The summed E-state index contributed by atoms with van der Waals surface area (Å²) >= 11 is 1.57. The number of thioether (sulfide) groups is 1. The highest BCUT2D eigenvalue weighted by molar-refractivity contribution is 7.99. The first-order valence-electron chi connectivity index (χ1n) is 11.5. The zero-order valence-electron chi connectivity index (χ0n) is 20.5. The summed E-state index contributed by atoms with van der Waals surface area (Å²) < 4.78 is 11.1. The molecule has 2 aliphatic heterocycles. The van der Waals surface area contributed by atoms with Crippen molar-refractivity contribution in [1.82, 2.24) is 9.80 Å². The van der Waals surface area contributed by atoms with Gasteiger partial charge in [0.25, 0.3) is 5.91 Å². The van der Waals surface area contributed by atoms with Gasteiger partial charge in [0, 0.05) is 38.2 Å². The van der Waals surface area contributed by atoms with Crippen molar-refractivity contribution in [3.8, 4) is 5.75 Å². The molecule has 34 heavy (non-hydrogen) atoms. The van der Waals surface area contributed by atoms with Crippen molar-refractivity contribution in [2.75, 3.05) is 58.9 Å². The Balaban J connectivity index is 1.74. The van der Waals surface area contributed by atoms with E-state index in [-0.39, 0.29) is 23.6 Å². The van der Waals surface area contributed by atoms with Crippen LogP contribution >= 0.6 is 11.8 Å². The van der Waals surface area contributed by atoms with Crippen LogP contribution in [0.2, 0.25) is 0 Å². The minimum atomic E-state index is -0.804. The Morgan fingerprint density at radius 3 is 2.32 bits per heavy atom. The lowest BCUT2D eigenvalue weighted by molar-refractivity contribution is -0.133. The number of hydrogen-bond donors (Lipinski definition) is 0. The van der Waals surface area contributed by atoms with Gasteiger partial charge in [0.05, 0.1) is 24.6 Å². The van der Waals surface area contributed by atoms with Crippen LogP contribution in [0.5, 0.6) is 5.75 Å². The van der Waals surface area contributed by atoms with Crippen LogP contribution in [0.3, 0.4) is 0 Å². The van der Waals surface area contributed by atoms with Crippen molar-refractivity contribution >= 4 is 29.3 Å². The fourth-order valence-corrected chi connectivity index (χ4v) is 5.91. The van der Waals surface area contributed by atoms with E-state index in [0.29, 0.717) is 5.69 Å². The number of likely N-dealkylation sites (N-methyl/N-ethyl adjacent to an activating group) is 1. The molecule has 182 valence electrons. The number of methoxy groups -OCH3 is 2. The third-order valence-electron chi connectivity index (χ3n) is 6.78. The number of piperazine rings is 1. The van der Waals surface area contributed by atoms with E-state index >= 15 is 0 Å². The molecular weight excluding hydrogens is 450 g/mol. The number of fused-ring (bicyclic) bond motifs is 1. The lowest BCUT2D eigenvalue weighted by atomic mass is 10.0. The quantitative estimate of drug-likeness (QED) is 0.647. The molecule has 2 unspecified atom stereocenters. The number of ether oxygens (including phenoxy) is 2.